The van der Waals surface area contributed by atoms with Crippen molar-refractivity contribution in [3.8, 4) is 0 Å². The first-order chi connectivity index (χ1) is 12.6. The highest BCUT2D eigenvalue weighted by Crippen LogP contribution is 2.27. The van der Waals surface area contributed by atoms with Gasteiger partial charge in [0.05, 0.1) is 11.7 Å². The molecule has 0 bridgehead atoms. The van der Waals surface area contributed by atoms with Crippen molar-refractivity contribution in [2.75, 3.05) is 25.5 Å². The van der Waals surface area contributed by atoms with Gasteiger partial charge in [-0.2, -0.15) is 0 Å². The lowest BCUT2D eigenvalue weighted by molar-refractivity contribution is -0.123. The summed E-state index contributed by atoms with van der Waals surface area (Å²) in [6.45, 7) is 2.64. The average Bonchev–Trinajstić information content (AvgIpc) is 3.16. The van der Waals surface area contributed by atoms with Crippen LogP contribution in [0.3, 0.4) is 0 Å². The van der Waals surface area contributed by atoms with Crippen molar-refractivity contribution in [2.24, 2.45) is 0 Å². The lowest BCUT2D eigenvalue weighted by atomic mass is 10.2. The minimum atomic E-state index is -0.670. The van der Waals surface area contributed by atoms with E-state index in [0.717, 1.165) is 36.5 Å². The number of carbonyl (C=O) groups is 3. The van der Waals surface area contributed by atoms with Gasteiger partial charge in [-0.3, -0.25) is 10.1 Å². The standard InChI is InChI=1S/C18H24N2O5S/c1-2-9-19-18(23)20-16(21)11-25-17(22)14-7-3-4-8-15(14)26-12-13-6-5-10-24-13/h3-4,7-8,13H,2,5-6,9-12H2,1H3,(H2,19,20,21,23)/t13-/m0/s1. The van der Waals surface area contributed by atoms with E-state index in [-0.39, 0.29) is 6.10 Å². The Hall–Kier alpha value is -2.06. The number of benzene rings is 1. The van der Waals surface area contributed by atoms with Crippen LogP contribution in [0.4, 0.5) is 4.79 Å². The van der Waals surface area contributed by atoms with Crippen molar-refractivity contribution in [2.45, 2.75) is 37.2 Å². The Morgan fingerprint density at radius 1 is 1.31 bits per heavy atom. The molecule has 1 aromatic carbocycles. The summed E-state index contributed by atoms with van der Waals surface area (Å²) < 4.78 is 10.6. The number of rotatable bonds is 8. The molecule has 0 radical (unpaired) electrons. The van der Waals surface area contributed by atoms with Gasteiger partial charge in [-0.05, 0) is 31.4 Å². The Balaban J connectivity index is 1.82. The highest BCUT2D eigenvalue weighted by molar-refractivity contribution is 7.99. The maximum Gasteiger partial charge on any atom is 0.339 e. The molecular formula is C18H24N2O5S. The van der Waals surface area contributed by atoms with E-state index in [1.165, 1.54) is 11.8 Å². The molecule has 0 aromatic heterocycles. The molecule has 0 saturated carbocycles. The predicted molar refractivity (Wildman–Crippen MR) is 98.3 cm³/mol. The SMILES string of the molecule is CCCNC(=O)NC(=O)COC(=O)c1ccccc1SC[C@@H]1CCCO1. The lowest BCUT2D eigenvalue weighted by Crippen LogP contribution is -2.41. The van der Waals surface area contributed by atoms with Crippen molar-refractivity contribution in [3.63, 3.8) is 0 Å². The van der Waals surface area contributed by atoms with Crippen LogP contribution in [0.2, 0.25) is 0 Å². The van der Waals surface area contributed by atoms with E-state index in [2.05, 4.69) is 10.6 Å². The molecule has 26 heavy (non-hydrogen) atoms. The van der Waals surface area contributed by atoms with E-state index in [1.54, 1.807) is 12.1 Å². The van der Waals surface area contributed by atoms with Gasteiger partial charge < -0.3 is 14.8 Å². The van der Waals surface area contributed by atoms with Crippen molar-refractivity contribution < 1.29 is 23.9 Å². The summed E-state index contributed by atoms with van der Waals surface area (Å²) in [5, 5.41) is 4.62. The smallest absolute Gasteiger partial charge is 0.339 e. The molecule has 2 N–H and O–H groups in total. The third kappa shape index (κ3) is 6.68. The van der Waals surface area contributed by atoms with E-state index in [0.29, 0.717) is 12.1 Å². The van der Waals surface area contributed by atoms with Crippen LogP contribution >= 0.6 is 11.8 Å². The number of imide groups is 1. The fourth-order valence-corrected chi connectivity index (χ4v) is 3.48. The first kappa shape index (κ1) is 20.3. The number of hydrogen-bond donors (Lipinski definition) is 2. The van der Waals surface area contributed by atoms with Crippen molar-refractivity contribution >= 4 is 29.7 Å². The van der Waals surface area contributed by atoms with Crippen LogP contribution in [0.1, 0.15) is 36.5 Å². The highest BCUT2D eigenvalue weighted by atomic mass is 32.2. The Labute approximate surface area is 157 Å². The summed E-state index contributed by atoms with van der Waals surface area (Å²) in [7, 11) is 0. The third-order valence-electron chi connectivity index (χ3n) is 3.68. The summed E-state index contributed by atoms with van der Waals surface area (Å²) in [6.07, 6.45) is 3.06. The Morgan fingerprint density at radius 2 is 2.12 bits per heavy atom. The van der Waals surface area contributed by atoms with Crippen LogP contribution in [0.25, 0.3) is 0 Å². The molecule has 0 aliphatic carbocycles. The largest absolute Gasteiger partial charge is 0.452 e. The molecule has 7 nitrogen and oxygen atoms in total. The average molecular weight is 380 g/mol. The second-order valence-corrected chi connectivity index (χ2v) is 6.88. The number of amides is 3. The van der Waals surface area contributed by atoms with Crippen LogP contribution in [0, 0.1) is 0 Å². The van der Waals surface area contributed by atoms with Gasteiger partial charge in [0, 0.05) is 23.8 Å². The number of urea groups is 1. The van der Waals surface area contributed by atoms with E-state index >= 15 is 0 Å². The Kier molecular flexibility index (Phi) is 8.43. The first-order valence-electron chi connectivity index (χ1n) is 8.68. The summed E-state index contributed by atoms with van der Waals surface area (Å²) in [5.41, 5.74) is 0.402. The van der Waals surface area contributed by atoms with Gasteiger partial charge in [0.25, 0.3) is 5.91 Å². The van der Waals surface area contributed by atoms with E-state index in [1.807, 2.05) is 19.1 Å². The Bertz CT molecular complexity index is 632. The molecule has 8 heteroatoms. The number of thioether (sulfide) groups is 1. The molecule has 0 unspecified atom stereocenters. The zero-order valence-electron chi connectivity index (χ0n) is 14.8. The number of esters is 1. The first-order valence-corrected chi connectivity index (χ1v) is 9.67. The summed E-state index contributed by atoms with van der Waals surface area (Å²) in [5.74, 6) is -0.497. The van der Waals surface area contributed by atoms with E-state index in [4.69, 9.17) is 9.47 Å². The number of hydrogen-bond acceptors (Lipinski definition) is 6. The van der Waals surface area contributed by atoms with Crippen molar-refractivity contribution in [1.82, 2.24) is 10.6 Å². The van der Waals surface area contributed by atoms with Crippen LogP contribution in [-0.4, -0.2) is 49.5 Å². The zero-order valence-corrected chi connectivity index (χ0v) is 15.6. The highest BCUT2D eigenvalue weighted by Gasteiger charge is 2.19. The molecule has 0 spiro atoms. The molecule has 1 aromatic rings. The topological polar surface area (TPSA) is 93.7 Å². The predicted octanol–water partition coefficient (Wildman–Crippen LogP) is 2.35. The number of carbonyl (C=O) groups excluding carboxylic acids is 3. The molecule has 1 aliphatic rings. The molecule has 1 aliphatic heterocycles. The number of ether oxygens (including phenoxy) is 2. The van der Waals surface area contributed by atoms with Gasteiger partial charge in [0.15, 0.2) is 6.61 Å². The van der Waals surface area contributed by atoms with Gasteiger partial charge in [-0.25, -0.2) is 9.59 Å². The van der Waals surface area contributed by atoms with E-state index < -0.39 is 24.5 Å². The quantitative estimate of drug-likeness (QED) is 0.531. The fraction of sp³-hybridized carbons (Fsp3) is 0.500. The third-order valence-corrected chi connectivity index (χ3v) is 4.88. The second-order valence-electron chi connectivity index (χ2n) is 5.82. The maximum absolute atomic E-state index is 12.3. The van der Waals surface area contributed by atoms with Crippen LogP contribution in [0.15, 0.2) is 29.2 Å². The molecular weight excluding hydrogens is 356 g/mol. The summed E-state index contributed by atoms with van der Waals surface area (Å²) in [6, 6.07) is 6.49. The molecule has 1 heterocycles. The minimum Gasteiger partial charge on any atom is -0.452 e. The molecule has 1 saturated heterocycles. The van der Waals surface area contributed by atoms with Crippen molar-refractivity contribution in [3.05, 3.63) is 29.8 Å². The molecule has 3 amide bonds. The molecule has 2 rings (SSSR count). The van der Waals surface area contributed by atoms with Crippen molar-refractivity contribution in [1.29, 1.82) is 0 Å². The van der Waals surface area contributed by atoms with Gasteiger partial charge in [0.2, 0.25) is 0 Å². The Morgan fingerprint density at radius 3 is 2.85 bits per heavy atom. The zero-order chi connectivity index (χ0) is 18.8. The van der Waals surface area contributed by atoms with Gasteiger partial charge in [0.1, 0.15) is 0 Å². The van der Waals surface area contributed by atoms with Gasteiger partial charge >= 0.3 is 12.0 Å². The summed E-state index contributed by atoms with van der Waals surface area (Å²) in [4.78, 5) is 36.1. The van der Waals surface area contributed by atoms with Gasteiger partial charge in [-0.1, -0.05) is 19.1 Å². The lowest BCUT2D eigenvalue weighted by Gasteiger charge is -2.12. The second kappa shape index (κ2) is 10.8. The number of nitrogens with one attached hydrogen (secondary N) is 2. The maximum atomic E-state index is 12.3. The van der Waals surface area contributed by atoms with E-state index in [9.17, 15) is 14.4 Å². The van der Waals surface area contributed by atoms with Gasteiger partial charge in [-0.15, -0.1) is 11.8 Å². The minimum absolute atomic E-state index is 0.205. The fourth-order valence-electron chi connectivity index (χ4n) is 2.37. The molecule has 1 atom stereocenters. The molecule has 1 fully saturated rings. The summed E-state index contributed by atoms with van der Waals surface area (Å²) >= 11 is 1.54. The van der Waals surface area contributed by atoms with Crippen LogP contribution in [0.5, 0.6) is 0 Å². The normalized spacial score (nSPS) is 16.1. The molecule has 142 valence electrons. The van der Waals surface area contributed by atoms with Crippen LogP contribution in [-0.2, 0) is 14.3 Å². The monoisotopic (exact) mass is 380 g/mol. The van der Waals surface area contributed by atoms with Crippen LogP contribution < -0.4 is 10.6 Å².